The molecule has 7 heavy (non-hydrogen) atoms. The molecule has 38 valence electrons. The molecular weight excluding hydrogens is 88.1 g/mol. The zero-order valence-corrected chi connectivity index (χ0v) is 4.15. The SMILES string of the molecule is N#C[C@@H]1CCNC1. The quantitative estimate of drug-likeness (QED) is 0.465. The second-order valence-corrected chi connectivity index (χ2v) is 1.82. The molecule has 1 atom stereocenters. The molecule has 0 saturated carbocycles. The molecule has 0 aliphatic carbocycles. The number of nitrogens with zero attached hydrogens (tertiary/aromatic N) is 1. The molecule has 0 aromatic heterocycles. The van der Waals surface area contributed by atoms with Crippen molar-refractivity contribution in [1.82, 2.24) is 5.32 Å². The Morgan fingerprint density at radius 3 is 2.86 bits per heavy atom. The lowest BCUT2D eigenvalue weighted by Gasteiger charge is -1.87. The smallest absolute Gasteiger partial charge is 0.0669 e. The van der Waals surface area contributed by atoms with E-state index in [0.717, 1.165) is 19.5 Å². The van der Waals surface area contributed by atoms with E-state index in [0.29, 0.717) is 5.92 Å². The molecule has 0 aromatic rings. The summed E-state index contributed by atoms with van der Waals surface area (Å²) in [7, 11) is 0. The van der Waals surface area contributed by atoms with Crippen LogP contribution in [0.2, 0.25) is 0 Å². The second-order valence-electron chi connectivity index (χ2n) is 1.82. The topological polar surface area (TPSA) is 35.8 Å². The Morgan fingerprint density at radius 1 is 1.71 bits per heavy atom. The molecule has 1 rings (SSSR count). The van der Waals surface area contributed by atoms with Crippen LogP contribution in [0.1, 0.15) is 6.42 Å². The number of hydrogen-bond acceptors (Lipinski definition) is 2. The van der Waals surface area contributed by atoms with Gasteiger partial charge in [-0.3, -0.25) is 0 Å². The monoisotopic (exact) mass is 96.1 g/mol. The van der Waals surface area contributed by atoms with E-state index in [-0.39, 0.29) is 0 Å². The standard InChI is InChI=1S/C5H8N2/c6-3-5-1-2-7-4-5/h5,7H,1-2,4H2/t5-/m0/s1. The third kappa shape index (κ3) is 0.908. The minimum atomic E-state index is 0.292. The molecule has 2 heteroatoms. The highest BCUT2D eigenvalue weighted by Crippen LogP contribution is 2.03. The first kappa shape index (κ1) is 4.61. The highest BCUT2D eigenvalue weighted by Gasteiger charge is 2.11. The van der Waals surface area contributed by atoms with Crippen LogP contribution in [0.3, 0.4) is 0 Å². The Morgan fingerprint density at radius 2 is 2.57 bits per heavy atom. The molecule has 0 amide bonds. The van der Waals surface area contributed by atoms with Gasteiger partial charge in [-0.1, -0.05) is 0 Å². The second kappa shape index (κ2) is 1.94. The molecule has 2 nitrogen and oxygen atoms in total. The molecule has 1 fully saturated rings. The zero-order chi connectivity index (χ0) is 5.11. The fraction of sp³-hybridized carbons (Fsp3) is 0.800. The molecule has 1 aliphatic rings. The van der Waals surface area contributed by atoms with E-state index in [1.165, 1.54) is 0 Å². The van der Waals surface area contributed by atoms with E-state index in [9.17, 15) is 0 Å². The molecule has 0 aromatic carbocycles. The van der Waals surface area contributed by atoms with Crippen LogP contribution in [0.5, 0.6) is 0 Å². The summed E-state index contributed by atoms with van der Waals surface area (Å²) in [6.45, 7) is 1.93. The predicted octanol–water partition coefficient (Wildman–Crippen LogP) is 0.119. The normalized spacial score (nSPS) is 29.9. The Bertz CT molecular complexity index is 86.7. The van der Waals surface area contributed by atoms with E-state index < -0.39 is 0 Å². The van der Waals surface area contributed by atoms with Crippen LogP contribution >= 0.6 is 0 Å². The van der Waals surface area contributed by atoms with Crippen molar-refractivity contribution in [3.8, 4) is 6.07 Å². The van der Waals surface area contributed by atoms with Gasteiger partial charge in [-0.2, -0.15) is 5.26 Å². The van der Waals surface area contributed by atoms with Gasteiger partial charge in [0.05, 0.1) is 12.0 Å². The largest absolute Gasteiger partial charge is 0.315 e. The van der Waals surface area contributed by atoms with Crippen molar-refractivity contribution in [2.75, 3.05) is 13.1 Å². The lowest BCUT2D eigenvalue weighted by Crippen LogP contribution is -2.07. The highest BCUT2D eigenvalue weighted by atomic mass is 14.9. The molecule has 0 spiro atoms. The maximum atomic E-state index is 8.28. The van der Waals surface area contributed by atoms with E-state index >= 15 is 0 Å². The van der Waals surface area contributed by atoms with Crippen molar-refractivity contribution in [3.63, 3.8) is 0 Å². The van der Waals surface area contributed by atoms with E-state index in [1.807, 2.05) is 0 Å². The minimum Gasteiger partial charge on any atom is -0.315 e. The first-order valence-corrected chi connectivity index (χ1v) is 2.54. The van der Waals surface area contributed by atoms with Crippen LogP contribution in [-0.2, 0) is 0 Å². The van der Waals surface area contributed by atoms with Crippen molar-refractivity contribution in [2.24, 2.45) is 5.92 Å². The van der Waals surface area contributed by atoms with Gasteiger partial charge in [0.2, 0.25) is 0 Å². The number of nitrogens with one attached hydrogen (secondary N) is 1. The third-order valence-corrected chi connectivity index (χ3v) is 1.24. The molecule has 0 bridgehead atoms. The van der Waals surface area contributed by atoms with Gasteiger partial charge in [-0.05, 0) is 13.0 Å². The maximum absolute atomic E-state index is 8.28. The average molecular weight is 96.1 g/mol. The van der Waals surface area contributed by atoms with E-state index in [4.69, 9.17) is 5.26 Å². The third-order valence-electron chi connectivity index (χ3n) is 1.24. The van der Waals surface area contributed by atoms with Crippen molar-refractivity contribution in [1.29, 1.82) is 5.26 Å². The van der Waals surface area contributed by atoms with Crippen molar-refractivity contribution >= 4 is 0 Å². The summed E-state index contributed by atoms with van der Waals surface area (Å²) in [6, 6.07) is 2.20. The van der Waals surface area contributed by atoms with E-state index in [1.54, 1.807) is 0 Å². The number of nitriles is 1. The summed E-state index contributed by atoms with van der Waals surface area (Å²) in [5.74, 6) is 0.292. The summed E-state index contributed by atoms with van der Waals surface area (Å²) in [5.41, 5.74) is 0. The van der Waals surface area contributed by atoms with Gasteiger partial charge < -0.3 is 5.32 Å². The lowest BCUT2D eigenvalue weighted by molar-refractivity contribution is 0.743. The summed E-state index contributed by atoms with van der Waals surface area (Å²) in [4.78, 5) is 0. The van der Waals surface area contributed by atoms with Gasteiger partial charge in [0, 0.05) is 6.54 Å². The van der Waals surface area contributed by atoms with E-state index in [2.05, 4.69) is 11.4 Å². The van der Waals surface area contributed by atoms with Crippen LogP contribution in [-0.4, -0.2) is 13.1 Å². The van der Waals surface area contributed by atoms with Gasteiger partial charge in [-0.25, -0.2) is 0 Å². The van der Waals surface area contributed by atoms with Crippen molar-refractivity contribution < 1.29 is 0 Å². The minimum absolute atomic E-state index is 0.292. The van der Waals surface area contributed by atoms with Gasteiger partial charge in [0.25, 0.3) is 0 Å². The molecule has 1 N–H and O–H groups in total. The lowest BCUT2D eigenvalue weighted by atomic mass is 10.2. The predicted molar refractivity (Wildman–Crippen MR) is 26.6 cm³/mol. The van der Waals surface area contributed by atoms with Crippen LogP contribution in [0.15, 0.2) is 0 Å². The molecule has 1 heterocycles. The number of rotatable bonds is 0. The maximum Gasteiger partial charge on any atom is 0.0669 e. The first-order chi connectivity index (χ1) is 3.43. The Balaban J connectivity index is 2.31. The van der Waals surface area contributed by atoms with Crippen LogP contribution in [0.4, 0.5) is 0 Å². The van der Waals surface area contributed by atoms with Crippen molar-refractivity contribution in [3.05, 3.63) is 0 Å². The van der Waals surface area contributed by atoms with Crippen LogP contribution < -0.4 is 5.32 Å². The van der Waals surface area contributed by atoms with Gasteiger partial charge in [0.15, 0.2) is 0 Å². The van der Waals surface area contributed by atoms with Crippen molar-refractivity contribution in [2.45, 2.75) is 6.42 Å². The Kier molecular flexibility index (Phi) is 1.28. The first-order valence-electron chi connectivity index (χ1n) is 2.54. The highest BCUT2D eigenvalue weighted by molar-refractivity contribution is 4.88. The van der Waals surface area contributed by atoms with Gasteiger partial charge in [-0.15, -0.1) is 0 Å². The average Bonchev–Trinajstić information content (AvgIpc) is 2.14. The van der Waals surface area contributed by atoms with Gasteiger partial charge in [0.1, 0.15) is 0 Å². The zero-order valence-electron chi connectivity index (χ0n) is 4.15. The van der Waals surface area contributed by atoms with Gasteiger partial charge >= 0.3 is 0 Å². The fourth-order valence-electron chi connectivity index (χ4n) is 0.765. The summed E-state index contributed by atoms with van der Waals surface area (Å²) >= 11 is 0. The molecule has 1 saturated heterocycles. The molecule has 0 unspecified atom stereocenters. The van der Waals surface area contributed by atoms with Crippen LogP contribution in [0, 0.1) is 17.2 Å². The molecule has 1 aliphatic heterocycles. The summed E-state index contributed by atoms with van der Waals surface area (Å²) < 4.78 is 0. The molecule has 0 radical (unpaired) electrons. The number of hydrogen-bond donors (Lipinski definition) is 1. The van der Waals surface area contributed by atoms with Crippen LogP contribution in [0.25, 0.3) is 0 Å². The summed E-state index contributed by atoms with van der Waals surface area (Å²) in [5, 5.41) is 11.4. The molecular formula is C5H8N2. The Hall–Kier alpha value is -0.550. The summed E-state index contributed by atoms with van der Waals surface area (Å²) in [6.07, 6.45) is 1.04. The fourth-order valence-corrected chi connectivity index (χ4v) is 0.765. The Labute approximate surface area is 43.1 Å².